The Morgan fingerprint density at radius 3 is 2.73 bits per heavy atom. The molecule has 1 fully saturated rings. The van der Waals surface area contributed by atoms with Crippen LogP contribution in [0.3, 0.4) is 0 Å². The van der Waals surface area contributed by atoms with Crippen molar-refractivity contribution >= 4 is 22.6 Å². The maximum Gasteiger partial charge on any atom is 0.293 e. The number of nitrogens with two attached hydrogens (primary N) is 1. The number of nitrogens with zero attached hydrogens (tertiary/aromatic N) is 2. The second kappa shape index (κ2) is 6.86. The summed E-state index contributed by atoms with van der Waals surface area (Å²) < 4.78 is 5.09. The number of ether oxygens (including phenoxy) is 1. The number of carbonyl (C=O) groups excluding carboxylic acids is 1. The molecule has 0 aliphatic heterocycles. The van der Waals surface area contributed by atoms with Crippen molar-refractivity contribution in [1.82, 2.24) is 15.0 Å². The number of rotatable bonds is 5. The lowest BCUT2D eigenvalue weighted by Gasteiger charge is -2.33. The van der Waals surface area contributed by atoms with Crippen molar-refractivity contribution < 1.29 is 9.53 Å². The van der Waals surface area contributed by atoms with E-state index in [1.807, 2.05) is 36.5 Å². The molecule has 2 aromatic heterocycles. The first-order chi connectivity index (χ1) is 12.7. The zero-order chi connectivity index (χ0) is 18.1. The Labute approximate surface area is 151 Å². The van der Waals surface area contributed by atoms with E-state index in [0.717, 1.165) is 29.5 Å². The van der Waals surface area contributed by atoms with Gasteiger partial charge in [-0.3, -0.25) is 4.79 Å². The molecule has 2 atom stereocenters. The highest BCUT2D eigenvalue weighted by Gasteiger charge is 2.32. The van der Waals surface area contributed by atoms with Crippen molar-refractivity contribution in [2.24, 2.45) is 5.73 Å². The topological polar surface area (TPSA) is 106 Å². The largest absolute Gasteiger partial charge is 0.380 e. The van der Waals surface area contributed by atoms with Crippen molar-refractivity contribution in [2.45, 2.75) is 31.4 Å². The number of hydrogen-bond acceptors (Lipinski definition) is 5. The van der Waals surface area contributed by atoms with Gasteiger partial charge in [0.05, 0.1) is 12.3 Å². The van der Waals surface area contributed by atoms with Crippen molar-refractivity contribution in [3.63, 3.8) is 0 Å². The molecule has 1 amide bonds. The van der Waals surface area contributed by atoms with Gasteiger partial charge < -0.3 is 20.8 Å². The van der Waals surface area contributed by atoms with E-state index in [1.165, 1.54) is 0 Å². The molecule has 4 N–H and O–H groups in total. The van der Waals surface area contributed by atoms with Crippen LogP contribution in [0.5, 0.6) is 0 Å². The molecule has 2 unspecified atom stereocenters. The number of fused-ring (bicyclic) bond motifs is 1. The summed E-state index contributed by atoms with van der Waals surface area (Å²) in [5.41, 5.74) is 9.37. The molecular formula is C19H21N5O2. The number of hydrogen-bond donors (Lipinski definition) is 3. The van der Waals surface area contributed by atoms with Crippen molar-refractivity contribution in [1.29, 1.82) is 0 Å². The van der Waals surface area contributed by atoms with Crippen molar-refractivity contribution in [3.8, 4) is 0 Å². The van der Waals surface area contributed by atoms with E-state index in [4.69, 9.17) is 10.5 Å². The van der Waals surface area contributed by atoms with E-state index in [9.17, 15) is 4.79 Å². The summed E-state index contributed by atoms with van der Waals surface area (Å²) in [6.45, 7) is 0.534. The van der Waals surface area contributed by atoms with Gasteiger partial charge in [0.1, 0.15) is 5.65 Å². The molecule has 0 radical (unpaired) electrons. The predicted molar refractivity (Wildman–Crippen MR) is 98.9 cm³/mol. The van der Waals surface area contributed by atoms with Crippen LogP contribution in [0.2, 0.25) is 0 Å². The van der Waals surface area contributed by atoms with E-state index in [2.05, 4.69) is 20.3 Å². The van der Waals surface area contributed by atoms with Crippen molar-refractivity contribution in [2.75, 3.05) is 12.4 Å². The Bertz CT molecular complexity index is 935. The van der Waals surface area contributed by atoms with Crippen molar-refractivity contribution in [3.05, 3.63) is 53.6 Å². The fourth-order valence-electron chi connectivity index (χ4n) is 3.25. The number of benzene rings is 1. The zero-order valence-corrected chi connectivity index (χ0v) is 14.5. The minimum Gasteiger partial charge on any atom is -0.380 e. The van der Waals surface area contributed by atoms with Crippen LogP contribution in [-0.2, 0) is 11.3 Å². The third-order valence-electron chi connectivity index (χ3n) is 4.85. The van der Waals surface area contributed by atoms with Crippen LogP contribution in [0, 0.1) is 0 Å². The number of aromatic amines is 1. The molecule has 26 heavy (non-hydrogen) atoms. The number of carbonyl (C=O) groups is 1. The number of H-pyrrole nitrogens is 1. The van der Waals surface area contributed by atoms with Crippen LogP contribution in [0.25, 0.3) is 11.0 Å². The quantitative estimate of drug-likeness (QED) is 0.655. The molecular weight excluding hydrogens is 330 g/mol. The second-order valence-corrected chi connectivity index (χ2v) is 6.60. The molecule has 3 aromatic rings. The zero-order valence-electron chi connectivity index (χ0n) is 14.5. The summed E-state index contributed by atoms with van der Waals surface area (Å²) >= 11 is 0. The third-order valence-corrected chi connectivity index (χ3v) is 4.85. The molecule has 1 saturated carbocycles. The SMILES string of the molecule is COCc1ccc(NC(=O)c2nc(C3CCC3N)c3cc[nH]c3n2)cc1. The molecule has 0 spiro atoms. The lowest BCUT2D eigenvalue weighted by atomic mass is 9.77. The van der Waals surface area contributed by atoms with Crippen LogP contribution in [0.1, 0.15) is 40.6 Å². The van der Waals surface area contributed by atoms with Gasteiger partial charge in [0, 0.05) is 36.3 Å². The Kier molecular flexibility index (Phi) is 4.40. The average Bonchev–Trinajstić information content (AvgIpc) is 3.11. The molecule has 2 heterocycles. The second-order valence-electron chi connectivity index (χ2n) is 6.60. The van der Waals surface area contributed by atoms with E-state index in [-0.39, 0.29) is 23.7 Å². The number of amides is 1. The summed E-state index contributed by atoms with van der Waals surface area (Å²) in [6.07, 6.45) is 3.78. The molecule has 7 heteroatoms. The Morgan fingerprint density at radius 2 is 2.08 bits per heavy atom. The molecule has 0 bridgehead atoms. The van der Waals surface area contributed by atoms with Gasteiger partial charge in [-0.1, -0.05) is 12.1 Å². The van der Waals surface area contributed by atoms with Gasteiger partial charge in [-0.15, -0.1) is 0 Å². The van der Waals surface area contributed by atoms with E-state index < -0.39 is 0 Å². The predicted octanol–water partition coefficient (Wildman–Crippen LogP) is 2.56. The van der Waals surface area contributed by atoms with Gasteiger partial charge >= 0.3 is 0 Å². The maximum atomic E-state index is 12.6. The molecule has 1 aromatic carbocycles. The number of nitrogens with one attached hydrogen (secondary N) is 2. The fourth-order valence-corrected chi connectivity index (χ4v) is 3.25. The van der Waals surface area contributed by atoms with E-state index >= 15 is 0 Å². The minimum atomic E-state index is -0.338. The molecule has 134 valence electrons. The maximum absolute atomic E-state index is 12.6. The van der Waals surface area contributed by atoms with Gasteiger partial charge in [-0.25, -0.2) is 9.97 Å². The summed E-state index contributed by atoms with van der Waals surface area (Å²) in [5.74, 6) is -0.0127. The van der Waals surface area contributed by atoms with Crippen LogP contribution in [0.15, 0.2) is 36.5 Å². The lowest BCUT2D eigenvalue weighted by molar-refractivity contribution is 0.101. The van der Waals surface area contributed by atoms with Crippen LogP contribution in [0.4, 0.5) is 5.69 Å². The number of anilines is 1. The van der Waals surface area contributed by atoms with E-state index in [1.54, 1.807) is 7.11 Å². The smallest absolute Gasteiger partial charge is 0.293 e. The van der Waals surface area contributed by atoms with Crippen LogP contribution in [-0.4, -0.2) is 34.0 Å². The normalized spacial score (nSPS) is 19.3. The van der Waals surface area contributed by atoms with Gasteiger partial charge in [-0.05, 0) is 36.6 Å². The molecule has 7 nitrogen and oxygen atoms in total. The molecule has 4 rings (SSSR count). The van der Waals surface area contributed by atoms with Crippen LogP contribution < -0.4 is 11.1 Å². The molecule has 0 saturated heterocycles. The highest BCUT2D eigenvalue weighted by Crippen LogP contribution is 2.37. The van der Waals surface area contributed by atoms with Gasteiger partial charge in [0.25, 0.3) is 5.91 Å². The van der Waals surface area contributed by atoms with E-state index in [0.29, 0.717) is 17.9 Å². The molecule has 1 aliphatic rings. The summed E-state index contributed by atoms with van der Waals surface area (Å²) in [5, 5.41) is 3.78. The monoisotopic (exact) mass is 351 g/mol. The Hall–Kier alpha value is -2.77. The summed E-state index contributed by atoms with van der Waals surface area (Å²) in [6, 6.07) is 9.52. The number of methoxy groups -OCH3 is 1. The average molecular weight is 351 g/mol. The first-order valence-electron chi connectivity index (χ1n) is 8.65. The first kappa shape index (κ1) is 16.7. The first-order valence-corrected chi connectivity index (χ1v) is 8.65. The standard InChI is InChI=1S/C19H21N5O2/c1-26-10-11-2-4-12(5-3-11)22-19(25)18-23-16(13-6-7-15(13)20)14-8-9-21-17(14)24-18/h2-5,8-9,13,15H,6-7,10,20H2,1H3,(H,22,25)(H,21,23,24). The fraction of sp³-hybridized carbons (Fsp3) is 0.316. The van der Waals surface area contributed by atoms with Gasteiger partial charge in [-0.2, -0.15) is 0 Å². The highest BCUT2D eigenvalue weighted by molar-refractivity contribution is 6.02. The van der Waals surface area contributed by atoms with Gasteiger partial charge in [0.2, 0.25) is 5.82 Å². The minimum absolute atomic E-state index is 0.0900. The summed E-state index contributed by atoms with van der Waals surface area (Å²) in [4.78, 5) is 24.6. The summed E-state index contributed by atoms with van der Waals surface area (Å²) in [7, 11) is 1.65. The van der Waals surface area contributed by atoms with Crippen LogP contribution >= 0.6 is 0 Å². The highest BCUT2D eigenvalue weighted by atomic mass is 16.5. The Morgan fingerprint density at radius 1 is 1.27 bits per heavy atom. The van der Waals surface area contributed by atoms with Gasteiger partial charge in [0.15, 0.2) is 0 Å². The third kappa shape index (κ3) is 3.07. The Balaban J connectivity index is 1.60. The molecule has 1 aliphatic carbocycles. The lowest BCUT2D eigenvalue weighted by Crippen LogP contribution is -2.38. The number of aromatic nitrogens is 3.